The second kappa shape index (κ2) is 4.59. The van der Waals surface area contributed by atoms with E-state index in [1.165, 1.54) is 0 Å². The molecular formula is C16H14BrNO4. The fraction of sp³-hybridized carbons (Fsp3) is 0.375. The van der Waals surface area contributed by atoms with Gasteiger partial charge in [0.2, 0.25) is 0 Å². The minimum Gasteiger partial charge on any atom is -0.493 e. The maximum Gasteiger partial charge on any atom is 0.252 e. The van der Waals surface area contributed by atoms with Crippen LogP contribution in [0.25, 0.3) is 0 Å². The maximum absolute atomic E-state index is 12.5. The van der Waals surface area contributed by atoms with Gasteiger partial charge in [0, 0.05) is 23.0 Å². The van der Waals surface area contributed by atoms with Crippen molar-refractivity contribution >= 4 is 27.6 Å². The Morgan fingerprint density at radius 2 is 2.27 bits per heavy atom. The zero-order valence-corrected chi connectivity index (χ0v) is 13.5. The number of ketones is 1. The number of benzene rings is 1. The molecule has 1 spiro atoms. The van der Waals surface area contributed by atoms with Gasteiger partial charge in [-0.15, -0.1) is 0 Å². The average Bonchev–Trinajstić information content (AvgIpc) is 2.72. The van der Waals surface area contributed by atoms with Gasteiger partial charge in [-0.05, 0) is 34.5 Å². The number of allylic oxidation sites excluding steroid dienone is 1. The summed E-state index contributed by atoms with van der Waals surface area (Å²) in [6.07, 6.45) is 4.26. The molecule has 1 unspecified atom stereocenters. The first-order chi connectivity index (χ1) is 10.6. The molecule has 6 heteroatoms. The summed E-state index contributed by atoms with van der Waals surface area (Å²) in [5.41, 5.74) is 0.965. The van der Waals surface area contributed by atoms with Crippen LogP contribution in [-0.4, -0.2) is 31.4 Å². The number of nitrogens with one attached hydrogen (secondary N) is 1. The highest BCUT2D eigenvalue weighted by Crippen LogP contribution is 2.56. The van der Waals surface area contributed by atoms with Crippen LogP contribution in [0.1, 0.15) is 28.8 Å². The van der Waals surface area contributed by atoms with Crippen LogP contribution in [0.2, 0.25) is 0 Å². The van der Waals surface area contributed by atoms with Crippen LogP contribution in [0.3, 0.4) is 0 Å². The van der Waals surface area contributed by atoms with E-state index in [4.69, 9.17) is 9.47 Å². The van der Waals surface area contributed by atoms with Crippen molar-refractivity contribution in [3.63, 3.8) is 0 Å². The van der Waals surface area contributed by atoms with Crippen LogP contribution in [-0.2, 0) is 10.2 Å². The second-order valence-electron chi connectivity index (χ2n) is 5.80. The average molecular weight is 364 g/mol. The van der Waals surface area contributed by atoms with E-state index in [0.29, 0.717) is 40.9 Å². The summed E-state index contributed by atoms with van der Waals surface area (Å²) in [4.78, 5) is 24.3. The lowest BCUT2D eigenvalue weighted by Gasteiger charge is -2.33. The molecule has 0 saturated heterocycles. The van der Waals surface area contributed by atoms with Crippen molar-refractivity contribution in [2.24, 2.45) is 0 Å². The smallest absolute Gasteiger partial charge is 0.252 e. The Kier molecular flexibility index (Phi) is 2.88. The van der Waals surface area contributed by atoms with Crippen LogP contribution in [0, 0.1) is 0 Å². The zero-order chi connectivity index (χ0) is 15.5. The summed E-state index contributed by atoms with van der Waals surface area (Å²) in [5, 5.41) is 2.93. The van der Waals surface area contributed by atoms with Crippen molar-refractivity contribution in [2.45, 2.75) is 24.4 Å². The molecule has 4 rings (SSSR count). The van der Waals surface area contributed by atoms with Crippen LogP contribution in [0.4, 0.5) is 0 Å². The molecule has 1 aromatic rings. The molecule has 3 aliphatic rings. The monoisotopic (exact) mass is 363 g/mol. The van der Waals surface area contributed by atoms with E-state index in [2.05, 4.69) is 21.2 Å². The van der Waals surface area contributed by atoms with E-state index in [1.54, 1.807) is 19.3 Å². The van der Waals surface area contributed by atoms with Crippen LogP contribution >= 0.6 is 15.9 Å². The lowest BCUT2D eigenvalue weighted by molar-refractivity contribution is -0.117. The Balaban J connectivity index is 2.07. The van der Waals surface area contributed by atoms with Gasteiger partial charge in [0.1, 0.15) is 6.10 Å². The molecule has 1 amide bonds. The molecule has 1 N–H and O–H groups in total. The topological polar surface area (TPSA) is 64.6 Å². The normalized spacial score (nSPS) is 28.4. The number of rotatable bonds is 1. The van der Waals surface area contributed by atoms with E-state index in [1.807, 2.05) is 6.08 Å². The van der Waals surface area contributed by atoms with E-state index in [-0.39, 0.29) is 17.8 Å². The summed E-state index contributed by atoms with van der Waals surface area (Å²) in [5.74, 6) is 1.08. The molecule has 0 radical (unpaired) electrons. The van der Waals surface area contributed by atoms with Crippen molar-refractivity contribution in [1.82, 2.24) is 5.32 Å². The van der Waals surface area contributed by atoms with Gasteiger partial charge in [-0.2, -0.15) is 0 Å². The maximum atomic E-state index is 12.5. The molecule has 2 atom stereocenters. The lowest BCUT2D eigenvalue weighted by Crippen LogP contribution is -2.41. The van der Waals surface area contributed by atoms with E-state index in [9.17, 15) is 9.59 Å². The quantitative estimate of drug-likeness (QED) is 0.829. The SMILES string of the molecule is COc1cc(Br)c2c3c1O[C@H]1CC(=O)C=CC31CCNC2=O. The van der Waals surface area contributed by atoms with Crippen molar-refractivity contribution in [3.8, 4) is 11.5 Å². The van der Waals surface area contributed by atoms with Gasteiger partial charge in [0.05, 0.1) is 18.1 Å². The Morgan fingerprint density at radius 3 is 3.05 bits per heavy atom. The van der Waals surface area contributed by atoms with Crippen LogP contribution in [0.15, 0.2) is 22.7 Å². The highest BCUT2D eigenvalue weighted by molar-refractivity contribution is 9.10. The molecule has 1 aromatic carbocycles. The highest BCUT2D eigenvalue weighted by Gasteiger charge is 2.54. The molecule has 0 aromatic heterocycles. The molecule has 1 aliphatic carbocycles. The third kappa shape index (κ3) is 1.64. The number of carbonyl (C=O) groups is 2. The first kappa shape index (κ1) is 13.8. The van der Waals surface area contributed by atoms with Gasteiger partial charge in [-0.3, -0.25) is 9.59 Å². The summed E-state index contributed by atoms with van der Waals surface area (Å²) in [6.45, 7) is 0.542. The molecule has 114 valence electrons. The molecular weight excluding hydrogens is 350 g/mol. The number of halogens is 1. The Hall–Kier alpha value is -1.82. The minimum absolute atomic E-state index is 0.0477. The molecule has 5 nitrogen and oxygen atoms in total. The minimum atomic E-state index is -0.450. The Morgan fingerprint density at radius 1 is 1.45 bits per heavy atom. The van der Waals surface area contributed by atoms with Crippen LogP contribution in [0.5, 0.6) is 11.5 Å². The molecule has 0 bridgehead atoms. The predicted octanol–water partition coefficient (Wildman–Crippen LogP) is 2.12. The molecule has 2 aliphatic heterocycles. The van der Waals surface area contributed by atoms with Crippen molar-refractivity contribution in [3.05, 3.63) is 33.8 Å². The summed E-state index contributed by atoms with van der Waals surface area (Å²) >= 11 is 3.48. The standard InChI is InChI=1S/C16H14BrNO4/c1-21-10-7-9(17)12-13-14(10)22-11-6-8(19)2-3-16(11,13)4-5-18-15(12)20/h2-3,7,11H,4-6H2,1H3,(H,18,20)/t11-,16?/m0/s1. The highest BCUT2D eigenvalue weighted by atomic mass is 79.9. The second-order valence-corrected chi connectivity index (χ2v) is 6.65. The first-order valence-corrected chi connectivity index (χ1v) is 7.94. The summed E-state index contributed by atoms with van der Waals surface area (Å²) in [6, 6.07) is 1.75. The molecule has 0 fully saturated rings. The fourth-order valence-electron chi connectivity index (χ4n) is 3.70. The van der Waals surface area contributed by atoms with Gasteiger partial charge >= 0.3 is 0 Å². The number of hydrogen-bond acceptors (Lipinski definition) is 4. The number of amides is 1. The number of carbonyl (C=O) groups excluding carboxylic acids is 2. The van der Waals surface area contributed by atoms with Gasteiger partial charge in [0.25, 0.3) is 5.91 Å². The van der Waals surface area contributed by atoms with Crippen LogP contribution < -0.4 is 14.8 Å². The summed E-state index contributed by atoms with van der Waals surface area (Å²) < 4.78 is 12.2. The Bertz CT molecular complexity index is 742. The summed E-state index contributed by atoms with van der Waals surface area (Å²) in [7, 11) is 1.57. The van der Waals surface area contributed by atoms with E-state index in [0.717, 1.165) is 5.56 Å². The number of ether oxygens (including phenoxy) is 2. The van der Waals surface area contributed by atoms with Gasteiger partial charge < -0.3 is 14.8 Å². The molecule has 22 heavy (non-hydrogen) atoms. The Labute approximate surface area is 135 Å². The first-order valence-electron chi connectivity index (χ1n) is 7.15. The van der Waals surface area contributed by atoms with Gasteiger partial charge in [0.15, 0.2) is 17.3 Å². The van der Waals surface area contributed by atoms with Gasteiger partial charge in [-0.1, -0.05) is 6.08 Å². The van der Waals surface area contributed by atoms with E-state index >= 15 is 0 Å². The largest absolute Gasteiger partial charge is 0.493 e. The molecule has 0 saturated carbocycles. The number of hydrogen-bond donors (Lipinski definition) is 1. The van der Waals surface area contributed by atoms with Crippen molar-refractivity contribution in [2.75, 3.05) is 13.7 Å². The van der Waals surface area contributed by atoms with Crippen molar-refractivity contribution in [1.29, 1.82) is 0 Å². The fourth-order valence-corrected chi connectivity index (χ4v) is 4.29. The number of methoxy groups -OCH3 is 1. The predicted molar refractivity (Wildman–Crippen MR) is 82.5 cm³/mol. The molecule has 2 heterocycles. The van der Waals surface area contributed by atoms with Crippen molar-refractivity contribution < 1.29 is 19.1 Å². The third-order valence-electron chi connectivity index (χ3n) is 4.72. The third-order valence-corrected chi connectivity index (χ3v) is 5.35. The van der Waals surface area contributed by atoms with E-state index < -0.39 is 5.41 Å². The zero-order valence-electron chi connectivity index (χ0n) is 11.9. The lowest BCUT2D eigenvalue weighted by atomic mass is 9.69. The van der Waals surface area contributed by atoms with Gasteiger partial charge in [-0.25, -0.2) is 0 Å².